The van der Waals surface area contributed by atoms with Gasteiger partial charge in [-0.05, 0) is 55.9 Å². The zero-order valence-corrected chi connectivity index (χ0v) is 16.8. The summed E-state index contributed by atoms with van der Waals surface area (Å²) >= 11 is 1.57. The van der Waals surface area contributed by atoms with Crippen LogP contribution >= 0.6 is 11.3 Å². The first-order valence-electron chi connectivity index (χ1n) is 9.70. The standard InChI is InChI=1S/C21H21F2N3O2S/c1-11(12-6-7-14(22)15(23)10-12)24-18(27)9-8-17-25-20(28)19-13-4-2-3-5-16(13)29-21(19)26-17/h6-7,10-11H,2-5,8-9H2,1H3,(H,24,27)(H,25,26,28). The van der Waals surface area contributed by atoms with Gasteiger partial charge in [-0.3, -0.25) is 9.59 Å². The topological polar surface area (TPSA) is 74.8 Å². The molecule has 0 saturated carbocycles. The summed E-state index contributed by atoms with van der Waals surface area (Å²) in [4.78, 5) is 34.2. The molecule has 1 amide bonds. The van der Waals surface area contributed by atoms with Crippen molar-refractivity contribution in [1.82, 2.24) is 15.3 Å². The average molecular weight is 417 g/mol. The predicted octanol–water partition coefficient (Wildman–Crippen LogP) is 3.95. The number of benzene rings is 1. The van der Waals surface area contributed by atoms with E-state index in [4.69, 9.17) is 0 Å². The molecule has 2 aromatic heterocycles. The zero-order valence-electron chi connectivity index (χ0n) is 16.0. The number of nitrogens with zero attached hydrogens (tertiary/aromatic N) is 1. The van der Waals surface area contributed by atoms with Crippen molar-refractivity contribution in [2.45, 2.75) is 51.5 Å². The second kappa shape index (κ2) is 8.02. The molecule has 0 aliphatic heterocycles. The van der Waals surface area contributed by atoms with Crippen molar-refractivity contribution in [2.75, 3.05) is 0 Å². The lowest BCUT2D eigenvalue weighted by molar-refractivity contribution is -0.121. The van der Waals surface area contributed by atoms with Crippen LogP contribution < -0.4 is 10.9 Å². The predicted molar refractivity (Wildman–Crippen MR) is 108 cm³/mol. The van der Waals surface area contributed by atoms with Crippen molar-refractivity contribution in [3.8, 4) is 0 Å². The summed E-state index contributed by atoms with van der Waals surface area (Å²) in [6, 6.07) is 3.09. The molecule has 0 saturated heterocycles. The molecule has 1 aliphatic carbocycles. The number of hydrogen-bond acceptors (Lipinski definition) is 4. The van der Waals surface area contributed by atoms with E-state index in [-0.39, 0.29) is 17.9 Å². The molecule has 152 valence electrons. The third-order valence-electron chi connectivity index (χ3n) is 5.28. The number of aryl methyl sites for hydroxylation is 3. The highest BCUT2D eigenvalue weighted by molar-refractivity contribution is 7.18. The Labute approximate surface area is 170 Å². The van der Waals surface area contributed by atoms with E-state index in [1.165, 1.54) is 10.9 Å². The third kappa shape index (κ3) is 4.07. The lowest BCUT2D eigenvalue weighted by atomic mass is 9.97. The Morgan fingerprint density at radius 1 is 1.28 bits per heavy atom. The first-order chi connectivity index (χ1) is 13.9. The van der Waals surface area contributed by atoms with E-state index in [2.05, 4.69) is 15.3 Å². The SMILES string of the molecule is CC(NC(=O)CCc1nc2sc3c(c2c(=O)[nH]1)CCCC3)c1ccc(F)c(F)c1. The van der Waals surface area contributed by atoms with Gasteiger partial charge in [0.25, 0.3) is 5.56 Å². The second-order valence-electron chi connectivity index (χ2n) is 7.37. The molecule has 1 atom stereocenters. The van der Waals surface area contributed by atoms with Gasteiger partial charge in [0.15, 0.2) is 11.6 Å². The number of nitrogens with one attached hydrogen (secondary N) is 2. The molecule has 1 aromatic carbocycles. The van der Waals surface area contributed by atoms with Crippen molar-refractivity contribution in [1.29, 1.82) is 0 Å². The fourth-order valence-corrected chi connectivity index (χ4v) is 5.02. The van der Waals surface area contributed by atoms with Gasteiger partial charge in [-0.15, -0.1) is 11.3 Å². The van der Waals surface area contributed by atoms with E-state index < -0.39 is 17.7 Å². The van der Waals surface area contributed by atoms with Gasteiger partial charge in [0.2, 0.25) is 5.91 Å². The molecule has 4 rings (SSSR count). The lowest BCUT2D eigenvalue weighted by Gasteiger charge is -2.14. The number of H-pyrrole nitrogens is 1. The van der Waals surface area contributed by atoms with Crippen LogP contribution in [0, 0.1) is 11.6 Å². The van der Waals surface area contributed by atoms with Gasteiger partial charge in [-0.2, -0.15) is 0 Å². The number of halogens is 2. The normalized spacial score (nSPS) is 14.6. The Morgan fingerprint density at radius 2 is 2.07 bits per heavy atom. The quantitative estimate of drug-likeness (QED) is 0.660. The van der Waals surface area contributed by atoms with Crippen molar-refractivity contribution in [2.24, 2.45) is 0 Å². The fourth-order valence-electron chi connectivity index (χ4n) is 3.74. The van der Waals surface area contributed by atoms with Crippen LogP contribution in [0.2, 0.25) is 0 Å². The molecule has 0 fully saturated rings. The summed E-state index contributed by atoms with van der Waals surface area (Å²) in [6.45, 7) is 1.70. The zero-order chi connectivity index (χ0) is 20.5. The molecular weight excluding hydrogens is 396 g/mol. The van der Waals surface area contributed by atoms with Gasteiger partial charge in [0, 0.05) is 17.7 Å². The Kier molecular flexibility index (Phi) is 5.45. The highest BCUT2D eigenvalue weighted by Crippen LogP contribution is 2.33. The molecule has 0 radical (unpaired) electrons. The summed E-state index contributed by atoms with van der Waals surface area (Å²) in [6.07, 6.45) is 4.58. The average Bonchev–Trinajstić information content (AvgIpc) is 3.07. The van der Waals surface area contributed by atoms with Gasteiger partial charge < -0.3 is 10.3 Å². The minimum atomic E-state index is -0.947. The number of thiophene rings is 1. The molecule has 8 heteroatoms. The van der Waals surface area contributed by atoms with Crippen LogP contribution in [0.4, 0.5) is 8.78 Å². The van der Waals surface area contributed by atoms with Crippen molar-refractivity contribution in [3.63, 3.8) is 0 Å². The van der Waals surface area contributed by atoms with E-state index >= 15 is 0 Å². The monoisotopic (exact) mass is 417 g/mol. The molecule has 1 unspecified atom stereocenters. The van der Waals surface area contributed by atoms with E-state index in [0.717, 1.165) is 48.2 Å². The van der Waals surface area contributed by atoms with Gasteiger partial charge in [-0.1, -0.05) is 6.07 Å². The maximum Gasteiger partial charge on any atom is 0.259 e. The Balaban J connectivity index is 1.43. The fraction of sp³-hybridized carbons (Fsp3) is 0.381. The summed E-state index contributed by atoms with van der Waals surface area (Å²) < 4.78 is 26.4. The Hall–Kier alpha value is -2.61. The van der Waals surface area contributed by atoms with E-state index in [1.807, 2.05) is 0 Å². The number of aromatic nitrogens is 2. The van der Waals surface area contributed by atoms with E-state index in [1.54, 1.807) is 18.3 Å². The minimum absolute atomic E-state index is 0.132. The molecule has 3 aromatic rings. The molecule has 5 nitrogen and oxygen atoms in total. The van der Waals surface area contributed by atoms with Crippen molar-refractivity contribution >= 4 is 27.5 Å². The van der Waals surface area contributed by atoms with Crippen LogP contribution in [0.25, 0.3) is 10.2 Å². The molecule has 29 heavy (non-hydrogen) atoms. The number of hydrogen-bond donors (Lipinski definition) is 2. The van der Waals surface area contributed by atoms with Crippen LogP contribution in [0.1, 0.15) is 54.1 Å². The summed E-state index contributed by atoms with van der Waals surface area (Å²) in [5.74, 6) is -1.64. The molecule has 0 bridgehead atoms. The van der Waals surface area contributed by atoms with Crippen molar-refractivity contribution < 1.29 is 13.6 Å². The van der Waals surface area contributed by atoms with Crippen molar-refractivity contribution in [3.05, 3.63) is 62.0 Å². The molecule has 1 aliphatic rings. The molecular formula is C21H21F2N3O2S. The van der Waals surface area contributed by atoms with E-state index in [0.29, 0.717) is 23.2 Å². The van der Waals surface area contributed by atoms with Crippen LogP contribution in [-0.4, -0.2) is 15.9 Å². The number of rotatable bonds is 5. The van der Waals surface area contributed by atoms with Gasteiger partial charge in [0.05, 0.1) is 11.4 Å². The first-order valence-corrected chi connectivity index (χ1v) is 10.5. The van der Waals surface area contributed by atoms with Crippen LogP contribution in [0.5, 0.6) is 0 Å². The summed E-state index contributed by atoms with van der Waals surface area (Å²) in [5, 5.41) is 3.46. The number of amides is 1. The highest BCUT2D eigenvalue weighted by atomic mass is 32.1. The van der Waals surface area contributed by atoms with Crippen LogP contribution in [0.3, 0.4) is 0 Å². The van der Waals surface area contributed by atoms with Crippen LogP contribution in [0.15, 0.2) is 23.0 Å². The minimum Gasteiger partial charge on any atom is -0.350 e. The molecule has 2 heterocycles. The number of fused-ring (bicyclic) bond motifs is 3. The largest absolute Gasteiger partial charge is 0.350 e. The first kappa shape index (κ1) is 19.7. The maximum absolute atomic E-state index is 13.4. The molecule has 0 spiro atoms. The lowest BCUT2D eigenvalue weighted by Crippen LogP contribution is -2.27. The van der Waals surface area contributed by atoms with E-state index in [9.17, 15) is 18.4 Å². The maximum atomic E-state index is 13.4. The summed E-state index contributed by atoms with van der Waals surface area (Å²) in [7, 11) is 0. The highest BCUT2D eigenvalue weighted by Gasteiger charge is 2.20. The summed E-state index contributed by atoms with van der Waals surface area (Å²) in [5.41, 5.74) is 1.48. The Bertz CT molecular complexity index is 1140. The third-order valence-corrected chi connectivity index (χ3v) is 6.47. The second-order valence-corrected chi connectivity index (χ2v) is 8.45. The smallest absolute Gasteiger partial charge is 0.259 e. The number of carbonyl (C=O) groups is 1. The molecule has 2 N–H and O–H groups in total. The van der Waals surface area contributed by atoms with Gasteiger partial charge in [-0.25, -0.2) is 13.8 Å². The van der Waals surface area contributed by atoms with Crippen LogP contribution in [-0.2, 0) is 24.1 Å². The van der Waals surface area contributed by atoms with Gasteiger partial charge >= 0.3 is 0 Å². The number of carbonyl (C=O) groups excluding carboxylic acids is 1. The Morgan fingerprint density at radius 3 is 2.86 bits per heavy atom. The van der Waals surface area contributed by atoms with Gasteiger partial charge in [0.1, 0.15) is 10.7 Å². The number of aromatic amines is 1.